The third-order valence-electron chi connectivity index (χ3n) is 4.28. The third-order valence-corrected chi connectivity index (χ3v) is 4.28. The second-order valence-corrected chi connectivity index (χ2v) is 6.60. The molecule has 1 aliphatic heterocycles. The molecule has 2 amide bonds. The van der Waals surface area contributed by atoms with Crippen molar-refractivity contribution in [1.29, 1.82) is 0 Å². The van der Waals surface area contributed by atoms with Crippen LogP contribution >= 0.6 is 0 Å². The van der Waals surface area contributed by atoms with Gasteiger partial charge in [0.15, 0.2) is 0 Å². The standard InChI is InChI=1S/C18H27N3O2/c1-13(2)17(20-14(3)22)18(23)19-11-15-9-10-21(12-15)16-7-5-4-6-8-16/h4-8,13,15,17H,9-12H2,1-3H3,(H,19,23)(H,20,22). The zero-order valence-corrected chi connectivity index (χ0v) is 14.2. The predicted molar refractivity (Wildman–Crippen MR) is 92.2 cm³/mol. The fourth-order valence-corrected chi connectivity index (χ4v) is 2.98. The summed E-state index contributed by atoms with van der Waals surface area (Å²) in [5.74, 6) is 0.260. The van der Waals surface area contributed by atoms with Crippen LogP contribution in [0.4, 0.5) is 5.69 Å². The summed E-state index contributed by atoms with van der Waals surface area (Å²) in [4.78, 5) is 25.9. The molecule has 1 aliphatic rings. The molecule has 2 atom stereocenters. The first-order valence-electron chi connectivity index (χ1n) is 8.32. The first kappa shape index (κ1) is 17.3. The third kappa shape index (κ3) is 4.98. The van der Waals surface area contributed by atoms with E-state index in [1.54, 1.807) is 0 Å². The van der Waals surface area contributed by atoms with Crippen LogP contribution in [0.1, 0.15) is 27.2 Å². The maximum Gasteiger partial charge on any atom is 0.242 e. The Morgan fingerprint density at radius 1 is 1.26 bits per heavy atom. The lowest BCUT2D eigenvalue weighted by molar-refractivity contribution is -0.129. The number of anilines is 1. The van der Waals surface area contributed by atoms with Gasteiger partial charge in [0.1, 0.15) is 6.04 Å². The van der Waals surface area contributed by atoms with Gasteiger partial charge in [0.2, 0.25) is 11.8 Å². The summed E-state index contributed by atoms with van der Waals surface area (Å²) in [6, 6.07) is 9.89. The summed E-state index contributed by atoms with van der Waals surface area (Å²) in [5.41, 5.74) is 1.24. The van der Waals surface area contributed by atoms with Crippen molar-refractivity contribution < 1.29 is 9.59 Å². The normalized spacial score (nSPS) is 18.8. The fourth-order valence-electron chi connectivity index (χ4n) is 2.98. The lowest BCUT2D eigenvalue weighted by Gasteiger charge is -2.22. The lowest BCUT2D eigenvalue weighted by Crippen LogP contribution is -2.50. The SMILES string of the molecule is CC(=O)NC(C(=O)NCC1CCN(c2ccccc2)C1)C(C)C. The molecule has 0 aromatic heterocycles. The minimum Gasteiger partial charge on any atom is -0.371 e. The van der Waals surface area contributed by atoms with Crippen molar-refractivity contribution in [1.82, 2.24) is 10.6 Å². The molecule has 126 valence electrons. The van der Waals surface area contributed by atoms with E-state index >= 15 is 0 Å². The summed E-state index contributed by atoms with van der Waals surface area (Å²) >= 11 is 0. The van der Waals surface area contributed by atoms with Crippen molar-refractivity contribution in [2.45, 2.75) is 33.2 Å². The van der Waals surface area contributed by atoms with Crippen LogP contribution in [0.25, 0.3) is 0 Å². The van der Waals surface area contributed by atoms with Gasteiger partial charge in [-0.25, -0.2) is 0 Å². The molecule has 5 heteroatoms. The number of carbonyl (C=O) groups is 2. The van der Waals surface area contributed by atoms with E-state index in [4.69, 9.17) is 0 Å². The summed E-state index contributed by atoms with van der Waals surface area (Å²) in [6.45, 7) is 7.95. The van der Waals surface area contributed by atoms with E-state index < -0.39 is 6.04 Å². The van der Waals surface area contributed by atoms with Gasteiger partial charge in [0, 0.05) is 32.2 Å². The van der Waals surface area contributed by atoms with E-state index in [1.165, 1.54) is 12.6 Å². The maximum absolute atomic E-state index is 12.3. The van der Waals surface area contributed by atoms with Crippen LogP contribution < -0.4 is 15.5 Å². The molecule has 1 fully saturated rings. The second-order valence-electron chi connectivity index (χ2n) is 6.60. The molecular formula is C18H27N3O2. The molecule has 2 N–H and O–H groups in total. The average molecular weight is 317 g/mol. The molecule has 1 saturated heterocycles. The van der Waals surface area contributed by atoms with Gasteiger partial charge in [-0.15, -0.1) is 0 Å². The van der Waals surface area contributed by atoms with Crippen LogP contribution in [-0.2, 0) is 9.59 Å². The number of para-hydroxylation sites is 1. The predicted octanol–water partition coefficient (Wildman–Crippen LogP) is 1.79. The number of rotatable bonds is 6. The lowest BCUT2D eigenvalue weighted by atomic mass is 10.0. The average Bonchev–Trinajstić information content (AvgIpc) is 2.99. The van der Waals surface area contributed by atoms with E-state index in [2.05, 4.69) is 27.7 Å². The molecule has 1 aromatic rings. The Kier molecular flexibility index (Phi) is 6.02. The number of carbonyl (C=O) groups excluding carboxylic acids is 2. The van der Waals surface area contributed by atoms with Crippen molar-refractivity contribution in [3.63, 3.8) is 0 Å². The highest BCUT2D eigenvalue weighted by Gasteiger charge is 2.26. The Hall–Kier alpha value is -2.04. The molecule has 1 aromatic carbocycles. The molecule has 1 heterocycles. The quantitative estimate of drug-likeness (QED) is 0.841. The van der Waals surface area contributed by atoms with Gasteiger partial charge in [-0.05, 0) is 30.4 Å². The first-order valence-corrected chi connectivity index (χ1v) is 8.32. The monoisotopic (exact) mass is 317 g/mol. The maximum atomic E-state index is 12.3. The molecule has 2 unspecified atom stereocenters. The number of benzene rings is 1. The number of hydrogen-bond acceptors (Lipinski definition) is 3. The summed E-state index contributed by atoms with van der Waals surface area (Å²) < 4.78 is 0. The molecule has 0 aliphatic carbocycles. The van der Waals surface area contributed by atoms with Crippen LogP contribution in [0.5, 0.6) is 0 Å². The van der Waals surface area contributed by atoms with Gasteiger partial charge in [-0.2, -0.15) is 0 Å². The Bertz CT molecular complexity index is 530. The van der Waals surface area contributed by atoms with E-state index in [0.717, 1.165) is 19.5 Å². The first-order chi connectivity index (χ1) is 11.0. The van der Waals surface area contributed by atoms with Crippen molar-refractivity contribution >= 4 is 17.5 Å². The summed E-state index contributed by atoms with van der Waals surface area (Å²) in [6.07, 6.45) is 1.07. The van der Waals surface area contributed by atoms with Crippen molar-refractivity contribution in [3.05, 3.63) is 30.3 Å². The van der Waals surface area contributed by atoms with Gasteiger partial charge >= 0.3 is 0 Å². The molecule has 23 heavy (non-hydrogen) atoms. The fraction of sp³-hybridized carbons (Fsp3) is 0.556. The smallest absolute Gasteiger partial charge is 0.242 e. The Balaban J connectivity index is 1.82. The molecule has 0 spiro atoms. The van der Waals surface area contributed by atoms with E-state index in [-0.39, 0.29) is 17.7 Å². The minimum absolute atomic E-state index is 0.0725. The van der Waals surface area contributed by atoms with E-state index in [9.17, 15) is 9.59 Å². The molecule has 0 saturated carbocycles. The topological polar surface area (TPSA) is 61.4 Å². The number of hydrogen-bond donors (Lipinski definition) is 2. The van der Waals surface area contributed by atoms with Gasteiger partial charge < -0.3 is 15.5 Å². The van der Waals surface area contributed by atoms with Gasteiger partial charge in [0.05, 0.1) is 0 Å². The Labute approximate surface area is 138 Å². The van der Waals surface area contributed by atoms with Crippen molar-refractivity contribution in [3.8, 4) is 0 Å². The molecule has 0 bridgehead atoms. The van der Waals surface area contributed by atoms with Crippen molar-refractivity contribution in [2.75, 3.05) is 24.5 Å². The zero-order valence-electron chi connectivity index (χ0n) is 14.2. The molecular weight excluding hydrogens is 290 g/mol. The molecule has 2 rings (SSSR count). The highest BCUT2D eigenvalue weighted by molar-refractivity contribution is 5.87. The second kappa shape index (κ2) is 7.99. The van der Waals surface area contributed by atoms with Crippen LogP contribution in [0.3, 0.4) is 0 Å². The number of nitrogens with zero attached hydrogens (tertiary/aromatic N) is 1. The number of amides is 2. The summed E-state index contributed by atoms with van der Waals surface area (Å²) in [5, 5.41) is 5.73. The van der Waals surface area contributed by atoms with Gasteiger partial charge in [-0.1, -0.05) is 32.0 Å². The zero-order chi connectivity index (χ0) is 16.8. The van der Waals surface area contributed by atoms with E-state index in [1.807, 2.05) is 32.0 Å². The Morgan fingerprint density at radius 3 is 2.57 bits per heavy atom. The highest BCUT2D eigenvalue weighted by Crippen LogP contribution is 2.22. The van der Waals surface area contributed by atoms with Crippen LogP contribution in [0, 0.1) is 11.8 Å². The number of nitrogens with one attached hydrogen (secondary N) is 2. The highest BCUT2D eigenvalue weighted by atomic mass is 16.2. The van der Waals surface area contributed by atoms with Gasteiger partial charge in [0.25, 0.3) is 0 Å². The van der Waals surface area contributed by atoms with Gasteiger partial charge in [-0.3, -0.25) is 9.59 Å². The molecule has 0 radical (unpaired) electrons. The largest absolute Gasteiger partial charge is 0.371 e. The minimum atomic E-state index is -0.459. The van der Waals surface area contributed by atoms with Crippen molar-refractivity contribution in [2.24, 2.45) is 11.8 Å². The van der Waals surface area contributed by atoms with E-state index in [0.29, 0.717) is 12.5 Å². The van der Waals surface area contributed by atoms with Crippen LogP contribution in [0.15, 0.2) is 30.3 Å². The van der Waals surface area contributed by atoms with Crippen LogP contribution in [0.2, 0.25) is 0 Å². The Morgan fingerprint density at radius 2 is 1.96 bits per heavy atom. The van der Waals surface area contributed by atoms with Crippen LogP contribution in [-0.4, -0.2) is 37.5 Å². The summed E-state index contributed by atoms with van der Waals surface area (Å²) in [7, 11) is 0. The molecule has 5 nitrogen and oxygen atoms in total.